The summed E-state index contributed by atoms with van der Waals surface area (Å²) in [5.74, 6) is -2.11. The molecule has 8 nitrogen and oxygen atoms in total. The lowest BCUT2D eigenvalue weighted by Crippen LogP contribution is -2.12. The average Bonchev–Trinajstić information content (AvgIpc) is 2.71. The van der Waals surface area contributed by atoms with Gasteiger partial charge in [-0.2, -0.15) is 8.42 Å². The zero-order chi connectivity index (χ0) is 25.5. The Balaban J connectivity index is 0. The summed E-state index contributed by atoms with van der Waals surface area (Å²) in [5, 5.41) is 19.0. The summed E-state index contributed by atoms with van der Waals surface area (Å²) in [4.78, 5) is 23.2. The minimum absolute atomic E-state index is 0.126. The Hall–Kier alpha value is -1.45. The van der Waals surface area contributed by atoms with E-state index in [0.29, 0.717) is 12.8 Å². The van der Waals surface area contributed by atoms with Crippen LogP contribution in [0.25, 0.3) is 0 Å². The van der Waals surface area contributed by atoms with Gasteiger partial charge in [0.15, 0.2) is 0 Å². The molecule has 0 aromatic rings. The Labute approximate surface area is 200 Å². The van der Waals surface area contributed by atoms with Crippen molar-refractivity contribution in [2.45, 2.75) is 129 Å². The molecule has 0 rings (SSSR count). The topological polar surface area (TPSA) is 149 Å². The van der Waals surface area contributed by atoms with Gasteiger partial charge in [0.1, 0.15) is 0 Å². The Kier molecular flexibility index (Phi) is 22.8. The summed E-state index contributed by atoms with van der Waals surface area (Å²) in [6.07, 6.45) is 18.9. The molecule has 0 aromatic heterocycles. The fourth-order valence-electron chi connectivity index (χ4n) is 3.65. The number of carboxylic acid groups (broad SMARTS) is 2. The highest BCUT2D eigenvalue weighted by Gasteiger charge is 2.19. The summed E-state index contributed by atoms with van der Waals surface area (Å²) in [5.41, 5.74) is 0.253. The third-order valence-corrected chi connectivity index (χ3v) is 5.44. The van der Waals surface area contributed by atoms with Crippen LogP contribution in [-0.4, -0.2) is 39.7 Å². The van der Waals surface area contributed by atoms with Gasteiger partial charge in [-0.25, -0.2) is 9.59 Å². The molecule has 0 atom stereocenters. The maximum absolute atomic E-state index is 11.6. The van der Waals surface area contributed by atoms with Crippen LogP contribution >= 0.6 is 0 Å². The molecule has 0 heterocycles. The largest absolute Gasteiger partial charge is 0.478 e. The Bertz CT molecular complexity index is 593. The lowest BCUT2D eigenvalue weighted by Gasteiger charge is -2.09. The quantitative estimate of drug-likeness (QED) is 0.0814. The smallest absolute Gasteiger partial charge is 0.394 e. The van der Waals surface area contributed by atoms with Crippen molar-refractivity contribution in [1.82, 2.24) is 0 Å². The molecule has 4 N–H and O–H groups in total. The zero-order valence-electron chi connectivity index (χ0n) is 20.6. The van der Waals surface area contributed by atoms with Gasteiger partial charge in [-0.05, 0) is 25.7 Å². The predicted molar refractivity (Wildman–Crippen MR) is 131 cm³/mol. The lowest BCUT2D eigenvalue weighted by atomic mass is 9.96. The van der Waals surface area contributed by atoms with Crippen LogP contribution in [0.1, 0.15) is 129 Å². The van der Waals surface area contributed by atoms with Crippen LogP contribution in [0.2, 0.25) is 0 Å². The van der Waals surface area contributed by atoms with Crippen molar-refractivity contribution in [2.24, 2.45) is 0 Å². The average molecular weight is 495 g/mol. The van der Waals surface area contributed by atoms with Crippen LogP contribution in [0.3, 0.4) is 0 Å². The maximum Gasteiger partial charge on any atom is 0.394 e. The van der Waals surface area contributed by atoms with Crippen molar-refractivity contribution in [3.63, 3.8) is 0 Å². The van der Waals surface area contributed by atoms with Crippen LogP contribution in [0.15, 0.2) is 11.1 Å². The summed E-state index contributed by atoms with van der Waals surface area (Å²) in [7, 11) is -4.67. The van der Waals surface area contributed by atoms with E-state index >= 15 is 0 Å². The fraction of sp³-hybridized carbons (Fsp3) is 0.833. The first kappa shape index (κ1) is 33.7. The van der Waals surface area contributed by atoms with Gasteiger partial charge in [0.25, 0.3) is 0 Å². The number of hydrogen-bond acceptors (Lipinski definition) is 4. The fourth-order valence-corrected chi connectivity index (χ4v) is 3.65. The monoisotopic (exact) mass is 494 g/mol. The predicted octanol–water partition coefficient (Wildman–Crippen LogP) is 6.86. The standard InChI is InChI=1S/C24H44O4.H2O4S/c1-3-5-7-9-11-13-15-17-19-21(23(25)26)22(24(27)28)20-18-16-14-12-10-8-6-4-2;1-5(2,3)4/h3-20H2,1-2H3,(H,25,26)(H,27,28);(H2,1,2,3,4). The molecule has 33 heavy (non-hydrogen) atoms. The molecule has 0 spiro atoms. The Morgan fingerprint density at radius 2 is 0.727 bits per heavy atom. The number of carbonyl (C=O) groups is 2. The van der Waals surface area contributed by atoms with E-state index in [1.165, 1.54) is 64.2 Å². The molecule has 0 unspecified atom stereocenters. The van der Waals surface area contributed by atoms with Crippen LogP contribution in [0.5, 0.6) is 0 Å². The summed E-state index contributed by atoms with van der Waals surface area (Å²) in [6, 6.07) is 0. The molecule has 0 aliphatic heterocycles. The normalized spacial score (nSPS) is 12.0. The van der Waals surface area contributed by atoms with Crippen molar-refractivity contribution in [3.05, 3.63) is 11.1 Å². The van der Waals surface area contributed by atoms with E-state index in [-0.39, 0.29) is 11.1 Å². The van der Waals surface area contributed by atoms with Crippen LogP contribution in [0, 0.1) is 0 Å². The van der Waals surface area contributed by atoms with Crippen molar-refractivity contribution in [1.29, 1.82) is 0 Å². The SMILES string of the molecule is CCCCCCCCCCC(C(=O)O)=C(CCCCCCCCCC)C(=O)O.O=S(=O)(O)O. The van der Waals surface area contributed by atoms with Crippen molar-refractivity contribution >= 4 is 22.3 Å². The summed E-state index contributed by atoms with van der Waals surface area (Å²) in [6.45, 7) is 4.40. The molecule has 196 valence electrons. The molecule has 0 bridgehead atoms. The van der Waals surface area contributed by atoms with E-state index < -0.39 is 22.3 Å². The van der Waals surface area contributed by atoms with Gasteiger partial charge < -0.3 is 10.2 Å². The molecule has 0 aromatic carbocycles. The molecule has 9 heteroatoms. The molecular weight excluding hydrogens is 448 g/mol. The molecule has 0 saturated heterocycles. The molecule has 0 fully saturated rings. The molecule has 0 radical (unpaired) electrons. The van der Waals surface area contributed by atoms with E-state index in [1.54, 1.807) is 0 Å². The highest BCUT2D eigenvalue weighted by atomic mass is 32.3. The Morgan fingerprint density at radius 1 is 0.515 bits per heavy atom. The summed E-state index contributed by atoms with van der Waals surface area (Å²) < 4.78 is 31.6. The van der Waals surface area contributed by atoms with Gasteiger partial charge >= 0.3 is 22.3 Å². The van der Waals surface area contributed by atoms with Crippen LogP contribution in [0.4, 0.5) is 0 Å². The lowest BCUT2D eigenvalue weighted by molar-refractivity contribution is -0.136. The van der Waals surface area contributed by atoms with E-state index in [0.717, 1.165) is 38.5 Å². The van der Waals surface area contributed by atoms with Gasteiger partial charge in [-0.15, -0.1) is 0 Å². The van der Waals surface area contributed by atoms with E-state index in [1.807, 2.05) is 0 Å². The van der Waals surface area contributed by atoms with E-state index in [9.17, 15) is 19.8 Å². The molecule has 0 aliphatic carbocycles. The molecule has 0 saturated carbocycles. The number of carboxylic acids is 2. The minimum Gasteiger partial charge on any atom is -0.478 e. The van der Waals surface area contributed by atoms with Crippen molar-refractivity contribution in [3.8, 4) is 0 Å². The van der Waals surface area contributed by atoms with Crippen molar-refractivity contribution < 1.29 is 37.3 Å². The second-order valence-corrected chi connectivity index (χ2v) is 9.36. The van der Waals surface area contributed by atoms with E-state index in [2.05, 4.69) is 13.8 Å². The van der Waals surface area contributed by atoms with Gasteiger partial charge in [0.2, 0.25) is 0 Å². The van der Waals surface area contributed by atoms with Gasteiger partial charge in [-0.1, -0.05) is 104 Å². The first-order valence-electron chi connectivity index (χ1n) is 12.4. The van der Waals surface area contributed by atoms with Crippen LogP contribution in [-0.2, 0) is 20.0 Å². The summed E-state index contributed by atoms with van der Waals surface area (Å²) >= 11 is 0. The zero-order valence-corrected chi connectivity index (χ0v) is 21.4. The molecular formula is C24H46O8S. The number of hydrogen-bond donors (Lipinski definition) is 4. The Morgan fingerprint density at radius 3 is 0.939 bits per heavy atom. The second kappa shape index (κ2) is 22.3. The number of unbranched alkanes of at least 4 members (excludes halogenated alkanes) is 14. The highest BCUT2D eigenvalue weighted by Crippen LogP contribution is 2.21. The first-order chi connectivity index (χ1) is 15.5. The molecule has 0 aliphatic rings. The van der Waals surface area contributed by atoms with Crippen LogP contribution < -0.4 is 0 Å². The second-order valence-electron chi connectivity index (χ2n) is 8.46. The third kappa shape index (κ3) is 26.7. The number of rotatable bonds is 20. The first-order valence-corrected chi connectivity index (χ1v) is 13.8. The van der Waals surface area contributed by atoms with Gasteiger partial charge in [0, 0.05) is 11.1 Å². The van der Waals surface area contributed by atoms with Crippen molar-refractivity contribution in [2.75, 3.05) is 0 Å². The highest BCUT2D eigenvalue weighted by molar-refractivity contribution is 7.79. The minimum atomic E-state index is -4.67. The molecule has 0 amide bonds. The third-order valence-electron chi connectivity index (χ3n) is 5.44. The van der Waals surface area contributed by atoms with Gasteiger partial charge in [0.05, 0.1) is 0 Å². The van der Waals surface area contributed by atoms with Gasteiger partial charge in [-0.3, -0.25) is 9.11 Å². The maximum atomic E-state index is 11.6. The van der Waals surface area contributed by atoms with E-state index in [4.69, 9.17) is 17.5 Å². The number of aliphatic carboxylic acids is 2.